The molecule has 0 radical (unpaired) electrons. The molecule has 1 heterocycles. The zero-order chi connectivity index (χ0) is 23.8. The first-order chi connectivity index (χ1) is 15.7. The van der Waals surface area contributed by atoms with Crippen LogP contribution in [0.5, 0.6) is 0 Å². The number of alkyl halides is 3. The van der Waals surface area contributed by atoms with Crippen molar-refractivity contribution in [2.45, 2.75) is 26.6 Å². The van der Waals surface area contributed by atoms with E-state index in [4.69, 9.17) is 0 Å². The number of nitrogens with one attached hydrogen (secondary N) is 1. The van der Waals surface area contributed by atoms with Crippen molar-refractivity contribution >= 4 is 23.1 Å². The second kappa shape index (κ2) is 8.58. The van der Waals surface area contributed by atoms with Crippen molar-refractivity contribution in [2.75, 3.05) is 5.32 Å². The van der Waals surface area contributed by atoms with E-state index >= 15 is 0 Å². The third-order valence-corrected chi connectivity index (χ3v) is 5.69. The molecule has 4 rings (SSSR count). The van der Waals surface area contributed by atoms with Crippen molar-refractivity contribution < 1.29 is 22.8 Å². The van der Waals surface area contributed by atoms with Crippen LogP contribution in [-0.2, 0) is 22.3 Å². The van der Waals surface area contributed by atoms with E-state index in [9.17, 15) is 22.8 Å². The number of hydrogen-bond donors (Lipinski definition) is 1. The maximum Gasteiger partial charge on any atom is 0.416 e. The first-order valence-electron chi connectivity index (χ1n) is 10.3. The van der Waals surface area contributed by atoms with E-state index in [0.29, 0.717) is 11.3 Å². The second-order valence-electron chi connectivity index (χ2n) is 7.88. The van der Waals surface area contributed by atoms with Crippen LogP contribution in [0.25, 0.3) is 5.57 Å². The predicted molar refractivity (Wildman–Crippen MR) is 120 cm³/mol. The van der Waals surface area contributed by atoms with Gasteiger partial charge in [0.25, 0.3) is 11.8 Å². The summed E-state index contributed by atoms with van der Waals surface area (Å²) in [6.07, 6.45) is -4.52. The Labute approximate surface area is 189 Å². The van der Waals surface area contributed by atoms with E-state index in [-0.39, 0.29) is 23.4 Å². The Morgan fingerprint density at radius 2 is 1.55 bits per heavy atom. The molecule has 0 saturated carbocycles. The smallest absolute Gasteiger partial charge is 0.350 e. The molecule has 3 aromatic carbocycles. The first kappa shape index (κ1) is 22.3. The molecule has 33 heavy (non-hydrogen) atoms. The SMILES string of the molecule is Cc1cccc(NC2=C(c3ccccc3)C(=O)N(Cc3cccc(C(F)(F)F)c3)C2=O)c1C. The van der Waals surface area contributed by atoms with Gasteiger partial charge in [-0.1, -0.05) is 54.6 Å². The van der Waals surface area contributed by atoms with Gasteiger partial charge in [0.1, 0.15) is 5.70 Å². The maximum absolute atomic E-state index is 13.3. The standard InChI is InChI=1S/C26H21F3N2O2/c1-16-8-6-13-21(17(16)2)30-23-22(19-10-4-3-5-11-19)24(32)31(25(23)33)15-18-9-7-12-20(14-18)26(27,28)29/h3-14,30H,15H2,1-2H3. The van der Waals surface area contributed by atoms with Gasteiger partial charge in [-0.2, -0.15) is 13.2 Å². The molecule has 0 saturated heterocycles. The molecule has 0 bridgehead atoms. The number of imide groups is 1. The van der Waals surface area contributed by atoms with Crippen LogP contribution >= 0.6 is 0 Å². The number of benzene rings is 3. The van der Waals surface area contributed by atoms with Crippen LogP contribution in [0, 0.1) is 13.8 Å². The molecule has 1 aliphatic rings. The Kier molecular flexibility index (Phi) is 5.80. The highest BCUT2D eigenvalue weighted by Crippen LogP contribution is 2.34. The molecule has 0 atom stereocenters. The summed E-state index contributed by atoms with van der Waals surface area (Å²) in [5, 5.41) is 3.12. The molecule has 1 aliphatic heterocycles. The van der Waals surface area contributed by atoms with Gasteiger partial charge < -0.3 is 5.32 Å². The average Bonchev–Trinajstić information content (AvgIpc) is 3.01. The summed E-state index contributed by atoms with van der Waals surface area (Å²) in [5.74, 6) is -1.14. The molecule has 168 valence electrons. The van der Waals surface area contributed by atoms with Crippen molar-refractivity contribution in [1.82, 2.24) is 4.90 Å². The molecule has 0 unspecified atom stereocenters. The Morgan fingerprint density at radius 3 is 2.24 bits per heavy atom. The van der Waals surface area contributed by atoms with Gasteiger partial charge in [-0.3, -0.25) is 14.5 Å². The number of amides is 2. The first-order valence-corrected chi connectivity index (χ1v) is 10.3. The van der Waals surface area contributed by atoms with Gasteiger partial charge in [0, 0.05) is 5.69 Å². The van der Waals surface area contributed by atoms with Crippen LogP contribution in [-0.4, -0.2) is 16.7 Å². The molecule has 2 amide bonds. The molecular weight excluding hydrogens is 429 g/mol. The van der Waals surface area contributed by atoms with Crippen LogP contribution in [0.3, 0.4) is 0 Å². The Hall–Kier alpha value is -3.87. The molecule has 4 nitrogen and oxygen atoms in total. The Balaban J connectivity index is 1.73. The summed E-state index contributed by atoms with van der Waals surface area (Å²) < 4.78 is 39.4. The molecule has 0 fully saturated rings. The van der Waals surface area contributed by atoms with Crippen LogP contribution in [0.2, 0.25) is 0 Å². The lowest BCUT2D eigenvalue weighted by atomic mass is 10.0. The van der Waals surface area contributed by atoms with Crippen LogP contribution in [0.1, 0.15) is 27.8 Å². The summed E-state index contributed by atoms with van der Waals surface area (Å²) in [4.78, 5) is 27.7. The number of nitrogens with zero attached hydrogens (tertiary/aromatic N) is 1. The lowest BCUT2D eigenvalue weighted by molar-refractivity contribution is -0.137. The topological polar surface area (TPSA) is 49.4 Å². The van der Waals surface area contributed by atoms with Crippen molar-refractivity contribution in [3.05, 3.63) is 106 Å². The minimum atomic E-state index is -4.52. The van der Waals surface area contributed by atoms with E-state index in [1.165, 1.54) is 12.1 Å². The molecule has 0 spiro atoms. The molecule has 1 N–H and O–H groups in total. The summed E-state index contributed by atoms with van der Waals surface area (Å²) in [7, 11) is 0. The zero-order valence-corrected chi connectivity index (χ0v) is 18.0. The van der Waals surface area contributed by atoms with E-state index in [1.54, 1.807) is 30.3 Å². The minimum Gasteiger partial charge on any atom is -0.350 e. The van der Waals surface area contributed by atoms with E-state index < -0.39 is 23.6 Å². The zero-order valence-electron chi connectivity index (χ0n) is 18.0. The number of anilines is 1. The van der Waals surface area contributed by atoms with Crippen molar-refractivity contribution in [3.63, 3.8) is 0 Å². The van der Waals surface area contributed by atoms with Crippen LogP contribution in [0.15, 0.2) is 78.5 Å². The number of aryl methyl sites for hydroxylation is 1. The second-order valence-corrected chi connectivity index (χ2v) is 7.88. The molecular formula is C26H21F3N2O2. The van der Waals surface area contributed by atoms with E-state index in [1.807, 2.05) is 32.0 Å². The molecule has 3 aromatic rings. The average molecular weight is 450 g/mol. The Morgan fingerprint density at radius 1 is 0.848 bits per heavy atom. The normalized spacial score (nSPS) is 14.3. The Bertz CT molecular complexity index is 1260. The fourth-order valence-corrected chi connectivity index (χ4v) is 3.76. The van der Waals surface area contributed by atoms with Crippen molar-refractivity contribution in [2.24, 2.45) is 0 Å². The number of rotatable bonds is 5. The third-order valence-electron chi connectivity index (χ3n) is 5.69. The summed E-state index contributed by atoms with van der Waals surface area (Å²) >= 11 is 0. The maximum atomic E-state index is 13.3. The van der Waals surface area contributed by atoms with Gasteiger partial charge in [-0.15, -0.1) is 0 Å². The fourth-order valence-electron chi connectivity index (χ4n) is 3.76. The number of hydrogen-bond acceptors (Lipinski definition) is 3. The fraction of sp³-hybridized carbons (Fsp3) is 0.154. The highest BCUT2D eigenvalue weighted by molar-refractivity contribution is 6.36. The van der Waals surface area contributed by atoms with Crippen LogP contribution < -0.4 is 5.32 Å². The molecule has 0 aromatic heterocycles. The van der Waals surface area contributed by atoms with Gasteiger partial charge in [0.2, 0.25) is 0 Å². The summed E-state index contributed by atoms with van der Waals surface area (Å²) in [6, 6.07) is 19.0. The molecule has 7 heteroatoms. The quantitative estimate of drug-likeness (QED) is 0.506. The van der Waals surface area contributed by atoms with Crippen molar-refractivity contribution in [1.29, 1.82) is 0 Å². The van der Waals surface area contributed by atoms with Gasteiger partial charge in [0.05, 0.1) is 17.7 Å². The largest absolute Gasteiger partial charge is 0.416 e. The highest BCUT2D eigenvalue weighted by Gasteiger charge is 2.39. The van der Waals surface area contributed by atoms with Gasteiger partial charge >= 0.3 is 6.18 Å². The summed E-state index contributed by atoms with van der Waals surface area (Å²) in [6.45, 7) is 3.58. The number of carbonyl (C=O) groups is 2. The van der Waals surface area contributed by atoms with E-state index in [0.717, 1.165) is 28.2 Å². The predicted octanol–water partition coefficient (Wildman–Crippen LogP) is 5.71. The van der Waals surface area contributed by atoms with Gasteiger partial charge in [-0.25, -0.2) is 0 Å². The van der Waals surface area contributed by atoms with Gasteiger partial charge in [0.15, 0.2) is 0 Å². The molecule has 0 aliphatic carbocycles. The van der Waals surface area contributed by atoms with Crippen LogP contribution in [0.4, 0.5) is 18.9 Å². The third kappa shape index (κ3) is 4.39. The highest BCUT2D eigenvalue weighted by atomic mass is 19.4. The van der Waals surface area contributed by atoms with E-state index in [2.05, 4.69) is 5.32 Å². The lowest BCUT2D eigenvalue weighted by Crippen LogP contribution is -2.32. The van der Waals surface area contributed by atoms with Crippen molar-refractivity contribution in [3.8, 4) is 0 Å². The lowest BCUT2D eigenvalue weighted by Gasteiger charge is -2.17. The minimum absolute atomic E-state index is 0.104. The number of carbonyl (C=O) groups excluding carboxylic acids is 2. The van der Waals surface area contributed by atoms with Gasteiger partial charge in [-0.05, 0) is 54.3 Å². The monoisotopic (exact) mass is 450 g/mol. The summed E-state index contributed by atoms with van der Waals surface area (Å²) in [5.41, 5.74) is 2.85. The number of halogens is 3.